The second-order valence-electron chi connectivity index (χ2n) is 3.59. The SMILES string of the molecule is O=C(Oc1c(Cl)cccc1Cl)C(F)(F)C(F)(F)C(F)(F)F. The fraction of sp³-hybridized carbons (Fsp3) is 0.300. The van der Waals surface area contributed by atoms with E-state index in [2.05, 4.69) is 4.74 Å². The second-order valence-corrected chi connectivity index (χ2v) is 4.40. The van der Waals surface area contributed by atoms with Crippen LogP contribution in [0.1, 0.15) is 0 Å². The first-order chi connectivity index (χ1) is 9.32. The van der Waals surface area contributed by atoms with Crippen LogP contribution in [0.2, 0.25) is 10.0 Å². The number of rotatable bonds is 3. The molecule has 0 N–H and O–H groups in total. The van der Waals surface area contributed by atoms with Crippen LogP contribution in [0.4, 0.5) is 30.7 Å². The summed E-state index contributed by atoms with van der Waals surface area (Å²) in [6.45, 7) is 0. The largest absolute Gasteiger partial charge is 0.460 e. The zero-order chi connectivity index (χ0) is 16.6. The van der Waals surface area contributed by atoms with E-state index in [1.165, 1.54) is 6.07 Å². The van der Waals surface area contributed by atoms with Gasteiger partial charge in [-0.05, 0) is 12.1 Å². The van der Waals surface area contributed by atoms with Gasteiger partial charge in [0.25, 0.3) is 0 Å². The number of ether oxygens (including phenoxy) is 1. The minimum absolute atomic E-state index is 0.526. The molecule has 0 heterocycles. The fourth-order valence-corrected chi connectivity index (χ4v) is 1.52. The van der Waals surface area contributed by atoms with E-state index in [4.69, 9.17) is 23.2 Å². The highest BCUT2D eigenvalue weighted by molar-refractivity contribution is 6.37. The first kappa shape index (κ1) is 17.8. The van der Waals surface area contributed by atoms with Crippen molar-refractivity contribution in [3.8, 4) is 5.75 Å². The van der Waals surface area contributed by atoms with Gasteiger partial charge in [-0.2, -0.15) is 30.7 Å². The summed E-state index contributed by atoms with van der Waals surface area (Å²) >= 11 is 10.8. The van der Waals surface area contributed by atoms with E-state index in [9.17, 15) is 35.5 Å². The van der Waals surface area contributed by atoms with E-state index in [0.29, 0.717) is 0 Å². The molecule has 2 nitrogen and oxygen atoms in total. The number of hydrogen-bond acceptors (Lipinski definition) is 2. The van der Waals surface area contributed by atoms with Gasteiger partial charge in [-0.25, -0.2) is 4.79 Å². The van der Waals surface area contributed by atoms with Gasteiger partial charge in [0.05, 0.1) is 10.0 Å². The predicted octanol–water partition coefficient (Wildman–Crippen LogP) is 4.73. The molecule has 0 atom stereocenters. The number of para-hydroxylation sites is 1. The van der Waals surface area contributed by atoms with E-state index in [-0.39, 0.29) is 0 Å². The Bertz CT molecular complexity index is 537. The number of benzene rings is 1. The van der Waals surface area contributed by atoms with Crippen molar-refractivity contribution in [1.29, 1.82) is 0 Å². The van der Waals surface area contributed by atoms with Crippen molar-refractivity contribution in [1.82, 2.24) is 0 Å². The van der Waals surface area contributed by atoms with Crippen LogP contribution in [-0.4, -0.2) is 24.0 Å². The van der Waals surface area contributed by atoms with Crippen molar-refractivity contribution in [3.63, 3.8) is 0 Å². The number of alkyl halides is 7. The van der Waals surface area contributed by atoms with E-state index >= 15 is 0 Å². The van der Waals surface area contributed by atoms with Gasteiger partial charge in [0.15, 0.2) is 5.75 Å². The molecule has 0 aliphatic carbocycles. The number of esters is 1. The standard InChI is InChI=1S/C10H3Cl2F7O2/c11-4-2-1-3-5(12)6(4)21-7(20)8(13,14)9(15,16)10(17,18)19/h1-3H. The first-order valence-electron chi connectivity index (χ1n) is 4.81. The van der Waals surface area contributed by atoms with Gasteiger partial charge in [0.1, 0.15) is 0 Å². The average Bonchev–Trinajstić information content (AvgIpc) is 2.32. The Kier molecular flexibility index (Phi) is 4.69. The molecule has 1 aromatic carbocycles. The molecule has 0 radical (unpaired) electrons. The Balaban J connectivity index is 3.14. The monoisotopic (exact) mass is 358 g/mol. The normalized spacial score (nSPS) is 13.2. The molecule has 0 amide bonds. The molecule has 0 bridgehead atoms. The molecule has 0 aliphatic rings. The molecule has 11 heteroatoms. The lowest BCUT2D eigenvalue weighted by Gasteiger charge is -2.26. The summed E-state index contributed by atoms with van der Waals surface area (Å²) in [5.74, 6) is -16.9. The minimum atomic E-state index is -6.65. The van der Waals surface area contributed by atoms with Crippen LogP contribution >= 0.6 is 23.2 Å². The summed E-state index contributed by atoms with van der Waals surface area (Å²) in [5.41, 5.74) is 0. The van der Waals surface area contributed by atoms with Gasteiger partial charge in [-0.3, -0.25) is 0 Å². The third-order valence-corrected chi connectivity index (χ3v) is 2.72. The Morgan fingerprint density at radius 2 is 1.38 bits per heavy atom. The van der Waals surface area contributed by atoms with Crippen LogP contribution in [0.15, 0.2) is 18.2 Å². The highest BCUT2D eigenvalue weighted by atomic mass is 35.5. The Morgan fingerprint density at radius 1 is 0.952 bits per heavy atom. The number of halogens is 9. The molecule has 1 aromatic rings. The van der Waals surface area contributed by atoms with Crippen LogP contribution in [0, 0.1) is 0 Å². The number of carbonyl (C=O) groups excluding carboxylic acids is 1. The highest BCUT2D eigenvalue weighted by Crippen LogP contribution is 2.47. The Morgan fingerprint density at radius 3 is 1.76 bits per heavy atom. The molecule has 0 saturated carbocycles. The van der Waals surface area contributed by atoms with Crippen molar-refractivity contribution in [2.45, 2.75) is 18.0 Å². The van der Waals surface area contributed by atoms with Crippen LogP contribution in [0.5, 0.6) is 5.75 Å². The van der Waals surface area contributed by atoms with Crippen LogP contribution in [-0.2, 0) is 4.79 Å². The molecule has 118 valence electrons. The molecule has 0 fully saturated rings. The first-order valence-corrected chi connectivity index (χ1v) is 5.56. The quantitative estimate of drug-likeness (QED) is 0.443. The molecular weight excluding hydrogens is 356 g/mol. The van der Waals surface area contributed by atoms with Gasteiger partial charge in [-0.1, -0.05) is 29.3 Å². The van der Waals surface area contributed by atoms with Crippen LogP contribution in [0.25, 0.3) is 0 Å². The minimum Gasteiger partial charge on any atom is -0.419 e. The lowest BCUT2D eigenvalue weighted by Crippen LogP contribution is -2.57. The van der Waals surface area contributed by atoms with Crippen LogP contribution < -0.4 is 4.74 Å². The summed E-state index contributed by atoms with van der Waals surface area (Å²) in [5, 5.41) is -1.05. The lowest BCUT2D eigenvalue weighted by atomic mass is 10.1. The fourth-order valence-electron chi connectivity index (χ4n) is 1.04. The van der Waals surface area contributed by atoms with Crippen molar-refractivity contribution in [2.75, 3.05) is 0 Å². The third-order valence-electron chi connectivity index (χ3n) is 2.12. The van der Waals surface area contributed by atoms with Gasteiger partial charge < -0.3 is 4.74 Å². The highest BCUT2D eigenvalue weighted by Gasteiger charge is 2.77. The molecule has 0 aromatic heterocycles. The van der Waals surface area contributed by atoms with E-state index in [0.717, 1.165) is 12.1 Å². The summed E-state index contributed by atoms with van der Waals surface area (Å²) in [4.78, 5) is 11.0. The average molecular weight is 359 g/mol. The summed E-state index contributed by atoms with van der Waals surface area (Å²) in [6.07, 6.45) is -6.65. The lowest BCUT2D eigenvalue weighted by molar-refractivity contribution is -0.346. The van der Waals surface area contributed by atoms with Gasteiger partial charge in [-0.15, -0.1) is 0 Å². The maximum atomic E-state index is 13.0. The third kappa shape index (κ3) is 3.18. The van der Waals surface area contributed by atoms with Gasteiger partial charge >= 0.3 is 24.0 Å². The summed E-state index contributed by atoms with van der Waals surface area (Å²) < 4.78 is 90.7. The van der Waals surface area contributed by atoms with Crippen molar-refractivity contribution in [3.05, 3.63) is 28.2 Å². The predicted molar refractivity (Wildman–Crippen MR) is 58.0 cm³/mol. The van der Waals surface area contributed by atoms with E-state index in [1.807, 2.05) is 0 Å². The van der Waals surface area contributed by atoms with Crippen LogP contribution in [0.3, 0.4) is 0 Å². The van der Waals surface area contributed by atoms with Crippen molar-refractivity contribution < 1.29 is 40.3 Å². The summed E-state index contributed by atoms with van der Waals surface area (Å²) in [7, 11) is 0. The van der Waals surface area contributed by atoms with Gasteiger partial charge in [0.2, 0.25) is 0 Å². The topological polar surface area (TPSA) is 26.3 Å². The maximum Gasteiger partial charge on any atom is 0.460 e. The number of hydrogen-bond donors (Lipinski definition) is 0. The molecule has 0 saturated heterocycles. The summed E-state index contributed by atoms with van der Waals surface area (Å²) in [6, 6.07) is 3.19. The molecular formula is C10H3Cl2F7O2. The smallest absolute Gasteiger partial charge is 0.419 e. The Hall–Kier alpha value is -1.22. The second kappa shape index (κ2) is 5.53. The van der Waals surface area contributed by atoms with Crippen molar-refractivity contribution in [2.24, 2.45) is 0 Å². The zero-order valence-corrected chi connectivity index (χ0v) is 11.0. The molecule has 0 unspecified atom stereocenters. The molecule has 0 spiro atoms. The molecule has 0 aliphatic heterocycles. The number of carbonyl (C=O) groups is 1. The van der Waals surface area contributed by atoms with E-state index in [1.54, 1.807) is 0 Å². The maximum absolute atomic E-state index is 13.0. The van der Waals surface area contributed by atoms with E-state index < -0.39 is 39.8 Å². The van der Waals surface area contributed by atoms with Gasteiger partial charge in [0, 0.05) is 0 Å². The Labute approximate surface area is 122 Å². The molecule has 1 rings (SSSR count). The zero-order valence-electron chi connectivity index (χ0n) is 9.45. The van der Waals surface area contributed by atoms with Crippen molar-refractivity contribution >= 4 is 29.2 Å². The molecule has 21 heavy (non-hydrogen) atoms.